The van der Waals surface area contributed by atoms with Crippen LogP contribution in [0.5, 0.6) is 17.2 Å². The van der Waals surface area contributed by atoms with Crippen molar-refractivity contribution in [1.82, 2.24) is 15.0 Å². The van der Waals surface area contributed by atoms with Crippen LogP contribution in [-0.4, -0.2) is 26.6 Å². The van der Waals surface area contributed by atoms with Gasteiger partial charge in [-0.2, -0.15) is 0 Å². The van der Waals surface area contributed by atoms with Gasteiger partial charge >= 0.3 is 0 Å². The Morgan fingerprint density at radius 2 is 1.81 bits per heavy atom. The lowest BCUT2D eigenvalue weighted by Crippen LogP contribution is -2.38. The third-order valence-electron chi connectivity index (χ3n) is 6.25. The quantitative estimate of drug-likeness (QED) is 0.349. The van der Waals surface area contributed by atoms with Crippen molar-refractivity contribution >= 4 is 34.4 Å². The molecule has 9 heteroatoms. The van der Waals surface area contributed by atoms with E-state index in [0.717, 1.165) is 56.5 Å². The Morgan fingerprint density at radius 3 is 2.53 bits per heavy atom. The number of imidazole rings is 1. The van der Waals surface area contributed by atoms with Crippen LogP contribution in [0.4, 0.5) is 5.69 Å². The van der Waals surface area contributed by atoms with E-state index in [2.05, 4.69) is 5.48 Å². The highest BCUT2D eigenvalue weighted by atomic mass is 32.2. The number of nitrogen functional groups attached to an aromatic ring is 1. The molecular weight excluding hydrogens is 476 g/mol. The van der Waals surface area contributed by atoms with E-state index in [0.29, 0.717) is 19.0 Å². The highest BCUT2D eigenvalue weighted by Crippen LogP contribution is 2.30. The van der Waals surface area contributed by atoms with Crippen LogP contribution < -0.4 is 20.7 Å². The number of fused-ring (bicyclic) bond motifs is 1. The van der Waals surface area contributed by atoms with Crippen molar-refractivity contribution in [3.05, 3.63) is 77.1 Å². The minimum Gasteiger partial charge on any atom is -0.486 e. The topological polar surface area (TPSA) is 101 Å². The van der Waals surface area contributed by atoms with Crippen molar-refractivity contribution < 1.29 is 19.1 Å². The molecule has 0 spiro atoms. The molecule has 1 saturated heterocycles. The summed E-state index contributed by atoms with van der Waals surface area (Å²) in [6, 6.07) is 17.5. The van der Waals surface area contributed by atoms with E-state index >= 15 is 0 Å². The van der Waals surface area contributed by atoms with Gasteiger partial charge in [-0.05, 0) is 73.4 Å². The number of amides is 1. The molecule has 1 amide bonds. The van der Waals surface area contributed by atoms with E-state index in [4.69, 9.17) is 25.0 Å². The van der Waals surface area contributed by atoms with E-state index in [1.165, 1.54) is 11.8 Å². The summed E-state index contributed by atoms with van der Waals surface area (Å²) < 4.78 is 14.1. The summed E-state index contributed by atoms with van der Waals surface area (Å²) in [6.07, 6.45) is 0.644. The number of rotatable bonds is 7. The van der Waals surface area contributed by atoms with Crippen LogP contribution in [0.15, 0.2) is 54.6 Å². The monoisotopic (exact) mass is 504 g/mol. The fourth-order valence-electron chi connectivity index (χ4n) is 4.14. The van der Waals surface area contributed by atoms with Gasteiger partial charge in [0, 0.05) is 18.8 Å². The first kappa shape index (κ1) is 24.0. The normalized spacial score (nSPS) is 15.6. The number of anilines is 1. The molecule has 0 radical (unpaired) electrons. The van der Waals surface area contributed by atoms with Gasteiger partial charge in [0.25, 0.3) is 5.91 Å². The van der Waals surface area contributed by atoms with Crippen molar-refractivity contribution in [2.24, 2.45) is 7.05 Å². The van der Waals surface area contributed by atoms with Gasteiger partial charge in [-0.15, -0.1) is 11.8 Å². The number of carbonyl (C=O) groups excluding carboxylic acids is 1. The van der Waals surface area contributed by atoms with Crippen LogP contribution in [0.25, 0.3) is 11.0 Å². The number of hydroxylamine groups is 1. The lowest BCUT2D eigenvalue weighted by molar-refractivity contribution is -0.132. The Hall–Kier alpha value is -3.69. The van der Waals surface area contributed by atoms with Crippen LogP contribution in [0.1, 0.15) is 22.5 Å². The van der Waals surface area contributed by atoms with Crippen molar-refractivity contribution in [3.63, 3.8) is 0 Å². The second-order valence-electron chi connectivity index (χ2n) is 8.83. The lowest BCUT2D eigenvalue weighted by atomic mass is 10.1. The average molecular weight is 505 g/mol. The molecule has 36 heavy (non-hydrogen) atoms. The van der Waals surface area contributed by atoms with Crippen LogP contribution in [0.2, 0.25) is 0 Å². The summed E-state index contributed by atoms with van der Waals surface area (Å²) in [4.78, 5) is 21.5. The summed E-state index contributed by atoms with van der Waals surface area (Å²) in [7, 11) is 1.97. The van der Waals surface area contributed by atoms with Crippen LogP contribution >= 0.6 is 11.8 Å². The maximum Gasteiger partial charge on any atom is 0.257 e. The minimum atomic E-state index is -0.146. The Balaban J connectivity index is 1.25. The van der Waals surface area contributed by atoms with Crippen LogP contribution in [-0.2, 0) is 29.7 Å². The molecule has 1 aromatic heterocycles. The number of aromatic nitrogens is 2. The number of hydrogen-bond acceptors (Lipinski definition) is 7. The fourth-order valence-corrected chi connectivity index (χ4v) is 4.94. The van der Waals surface area contributed by atoms with Crippen molar-refractivity contribution in [3.8, 4) is 17.2 Å². The highest BCUT2D eigenvalue weighted by molar-refractivity contribution is 8.00. The predicted octanol–water partition coefficient (Wildman–Crippen LogP) is 4.81. The van der Waals surface area contributed by atoms with E-state index in [-0.39, 0.29) is 11.2 Å². The number of nitrogens with zero attached hydrogens (tertiary/aromatic N) is 2. The van der Waals surface area contributed by atoms with Crippen LogP contribution in [0.3, 0.4) is 0 Å². The van der Waals surface area contributed by atoms with Gasteiger partial charge in [0.05, 0.1) is 16.3 Å². The Labute approximate surface area is 213 Å². The smallest absolute Gasteiger partial charge is 0.257 e. The third-order valence-corrected chi connectivity index (χ3v) is 7.29. The average Bonchev–Trinajstić information content (AvgIpc) is 3.18. The van der Waals surface area contributed by atoms with E-state index < -0.39 is 0 Å². The number of nitrogens with one attached hydrogen (secondary N) is 1. The SMILES string of the molecule is Cc1cc(Oc2ccc3nc(COc4ccc(CC5SCONC5=O)cc4)n(C)c3c2)cc(C)c1N. The first-order chi connectivity index (χ1) is 17.4. The summed E-state index contributed by atoms with van der Waals surface area (Å²) >= 11 is 1.49. The predicted molar refractivity (Wildman–Crippen MR) is 141 cm³/mol. The summed E-state index contributed by atoms with van der Waals surface area (Å²) in [5.41, 5.74) is 14.2. The van der Waals surface area contributed by atoms with Crippen LogP contribution in [0, 0.1) is 13.8 Å². The van der Waals surface area contributed by atoms with E-state index in [1.807, 2.05) is 80.1 Å². The molecule has 1 fully saturated rings. The van der Waals surface area contributed by atoms with Gasteiger partial charge in [-0.25, -0.2) is 10.5 Å². The molecule has 0 saturated carbocycles. The molecule has 0 aliphatic carbocycles. The van der Waals surface area contributed by atoms with Gasteiger partial charge in [-0.1, -0.05) is 12.1 Å². The largest absolute Gasteiger partial charge is 0.486 e. The molecule has 1 unspecified atom stereocenters. The molecule has 3 aromatic carbocycles. The number of carbonyl (C=O) groups is 1. The van der Waals surface area contributed by atoms with Gasteiger partial charge in [0.2, 0.25) is 0 Å². The molecule has 2 heterocycles. The maximum absolute atomic E-state index is 11.9. The Morgan fingerprint density at radius 1 is 1.08 bits per heavy atom. The van der Waals surface area contributed by atoms with Gasteiger partial charge in [-0.3, -0.25) is 9.63 Å². The van der Waals surface area contributed by atoms with Gasteiger partial charge in [0.15, 0.2) is 0 Å². The zero-order valence-electron chi connectivity index (χ0n) is 20.4. The number of ether oxygens (including phenoxy) is 2. The lowest BCUT2D eigenvalue weighted by Gasteiger charge is -2.21. The minimum absolute atomic E-state index is 0.0966. The maximum atomic E-state index is 11.9. The standard InChI is InChI=1S/C27H28N4O4S/c1-16-10-21(11-17(2)26(16)28)35-20-8-9-22-23(13-20)31(3)25(29-22)14-33-19-6-4-18(5-7-19)12-24-27(32)30-34-15-36-24/h4-11,13,24H,12,14-15,28H2,1-3H3,(H,30,32). The number of benzene rings is 3. The summed E-state index contributed by atoms with van der Waals surface area (Å²) in [5, 5.41) is -0.146. The number of hydrogen-bond donors (Lipinski definition) is 2. The number of aryl methyl sites for hydroxylation is 3. The molecule has 1 atom stereocenters. The van der Waals surface area contributed by atoms with Crippen molar-refractivity contribution in [2.45, 2.75) is 32.1 Å². The van der Waals surface area contributed by atoms with E-state index in [1.54, 1.807) is 0 Å². The molecule has 3 N–H and O–H groups in total. The summed E-state index contributed by atoms with van der Waals surface area (Å²) in [6.45, 7) is 4.28. The molecule has 8 nitrogen and oxygen atoms in total. The molecule has 1 aliphatic rings. The number of nitrogens with two attached hydrogens (primary N) is 1. The molecule has 0 bridgehead atoms. The van der Waals surface area contributed by atoms with Gasteiger partial charge in [0.1, 0.15) is 35.6 Å². The van der Waals surface area contributed by atoms with Crippen molar-refractivity contribution in [2.75, 3.05) is 11.7 Å². The molecule has 5 rings (SSSR count). The van der Waals surface area contributed by atoms with Crippen molar-refractivity contribution in [1.29, 1.82) is 0 Å². The summed E-state index contributed by atoms with van der Waals surface area (Å²) in [5.74, 6) is 3.40. The molecule has 1 aliphatic heterocycles. The third kappa shape index (κ3) is 5.12. The first-order valence-corrected chi connectivity index (χ1v) is 12.7. The second-order valence-corrected chi connectivity index (χ2v) is 9.97. The molecule has 186 valence electrons. The zero-order chi connectivity index (χ0) is 25.2. The first-order valence-electron chi connectivity index (χ1n) is 11.6. The van der Waals surface area contributed by atoms with Gasteiger partial charge < -0.3 is 19.8 Å². The molecule has 4 aromatic rings. The fraction of sp³-hybridized carbons (Fsp3) is 0.259. The Kier molecular flexibility index (Phi) is 6.75. The molecular formula is C27H28N4O4S. The van der Waals surface area contributed by atoms with E-state index in [9.17, 15) is 4.79 Å². The highest BCUT2D eigenvalue weighted by Gasteiger charge is 2.23. The Bertz CT molecular complexity index is 1390. The zero-order valence-corrected chi connectivity index (χ0v) is 21.2. The number of thioether (sulfide) groups is 1. The second kappa shape index (κ2) is 10.1.